The molecule has 0 spiro atoms. The average Bonchev–Trinajstić information content (AvgIpc) is 2.91. The minimum atomic E-state index is -3.45. The van der Waals surface area contributed by atoms with E-state index in [4.69, 9.17) is 5.73 Å². The van der Waals surface area contributed by atoms with Crippen LogP contribution in [0.5, 0.6) is 0 Å². The molecular formula is C15H21ClN2O2S2. The van der Waals surface area contributed by atoms with Crippen molar-refractivity contribution in [3.05, 3.63) is 52.9 Å². The van der Waals surface area contributed by atoms with E-state index < -0.39 is 10.0 Å². The second kappa shape index (κ2) is 8.64. The fourth-order valence-electron chi connectivity index (χ4n) is 2.13. The molecule has 2 N–H and O–H groups in total. The Morgan fingerprint density at radius 3 is 2.36 bits per heavy atom. The Bertz CT molecular complexity index is 672. The molecule has 1 heterocycles. The summed E-state index contributed by atoms with van der Waals surface area (Å²) >= 11 is 1.26. The quantitative estimate of drug-likeness (QED) is 0.825. The summed E-state index contributed by atoms with van der Waals surface area (Å²) in [5.41, 5.74) is 7.50. The van der Waals surface area contributed by atoms with E-state index in [0.717, 1.165) is 11.1 Å². The van der Waals surface area contributed by atoms with E-state index in [1.54, 1.807) is 5.38 Å². The number of nitrogens with two attached hydrogens (primary N) is 1. The molecule has 1 aromatic carbocycles. The highest BCUT2D eigenvalue weighted by Gasteiger charge is 2.26. The lowest BCUT2D eigenvalue weighted by Gasteiger charge is -2.21. The van der Waals surface area contributed by atoms with Crippen molar-refractivity contribution in [1.82, 2.24) is 4.31 Å². The highest BCUT2D eigenvalue weighted by atomic mass is 35.5. The predicted octanol–water partition coefficient (Wildman–Crippen LogP) is 2.67. The van der Waals surface area contributed by atoms with Crippen molar-refractivity contribution >= 4 is 33.8 Å². The van der Waals surface area contributed by atoms with E-state index in [2.05, 4.69) is 0 Å². The molecule has 0 saturated carbocycles. The second-order valence-corrected chi connectivity index (χ2v) is 7.87. The maximum Gasteiger partial charge on any atom is 0.252 e. The molecule has 7 heteroatoms. The number of nitrogens with zero attached hydrogens (tertiary/aromatic N) is 1. The first kappa shape index (κ1) is 19.1. The van der Waals surface area contributed by atoms with Crippen LogP contribution in [0.1, 0.15) is 11.1 Å². The van der Waals surface area contributed by atoms with Crippen molar-refractivity contribution in [3.8, 4) is 0 Å². The molecule has 122 valence electrons. The molecular weight excluding hydrogens is 340 g/mol. The van der Waals surface area contributed by atoms with E-state index in [1.807, 2.05) is 43.3 Å². The minimum Gasteiger partial charge on any atom is -0.329 e. The van der Waals surface area contributed by atoms with Gasteiger partial charge in [-0.2, -0.15) is 4.31 Å². The van der Waals surface area contributed by atoms with Gasteiger partial charge in [0.1, 0.15) is 4.21 Å². The van der Waals surface area contributed by atoms with Gasteiger partial charge in [0.05, 0.1) is 0 Å². The summed E-state index contributed by atoms with van der Waals surface area (Å²) < 4.78 is 27.3. The van der Waals surface area contributed by atoms with Crippen molar-refractivity contribution in [3.63, 3.8) is 0 Å². The van der Waals surface area contributed by atoms with Crippen molar-refractivity contribution in [2.24, 2.45) is 5.73 Å². The average molecular weight is 361 g/mol. The summed E-state index contributed by atoms with van der Waals surface area (Å²) in [6.45, 7) is 2.92. The zero-order valence-corrected chi connectivity index (χ0v) is 14.9. The molecule has 0 fully saturated rings. The number of rotatable bonds is 7. The topological polar surface area (TPSA) is 63.4 Å². The Hall–Kier alpha value is -0.920. The molecule has 0 unspecified atom stereocenters. The molecule has 0 saturated heterocycles. The normalized spacial score (nSPS) is 11.4. The number of aryl methyl sites for hydroxylation is 1. The summed E-state index contributed by atoms with van der Waals surface area (Å²) in [5.74, 6) is 0. The predicted molar refractivity (Wildman–Crippen MR) is 94.3 cm³/mol. The van der Waals surface area contributed by atoms with E-state index in [0.29, 0.717) is 30.3 Å². The van der Waals surface area contributed by atoms with Crippen LogP contribution in [0.25, 0.3) is 0 Å². The molecule has 4 nitrogen and oxygen atoms in total. The number of thiophene rings is 1. The molecule has 2 aromatic rings. The second-order valence-electron chi connectivity index (χ2n) is 4.82. The van der Waals surface area contributed by atoms with Crippen LogP contribution in [0.3, 0.4) is 0 Å². The first-order valence-corrected chi connectivity index (χ1v) is 9.16. The van der Waals surface area contributed by atoms with Crippen LogP contribution in [0.4, 0.5) is 0 Å². The van der Waals surface area contributed by atoms with Crippen LogP contribution in [0, 0.1) is 6.92 Å². The zero-order valence-electron chi connectivity index (χ0n) is 12.4. The van der Waals surface area contributed by atoms with Gasteiger partial charge in [0.25, 0.3) is 10.0 Å². The Morgan fingerprint density at radius 2 is 1.82 bits per heavy atom. The third-order valence-corrected chi connectivity index (χ3v) is 6.82. The Labute approximate surface area is 142 Å². The van der Waals surface area contributed by atoms with Gasteiger partial charge in [-0.25, -0.2) is 8.42 Å². The zero-order chi connectivity index (χ0) is 15.3. The van der Waals surface area contributed by atoms with Crippen LogP contribution in [-0.4, -0.2) is 32.4 Å². The van der Waals surface area contributed by atoms with Crippen molar-refractivity contribution < 1.29 is 8.42 Å². The van der Waals surface area contributed by atoms with Gasteiger partial charge in [0.2, 0.25) is 0 Å². The van der Waals surface area contributed by atoms with Gasteiger partial charge >= 0.3 is 0 Å². The van der Waals surface area contributed by atoms with Gasteiger partial charge in [-0.1, -0.05) is 30.3 Å². The number of sulfonamides is 1. The Morgan fingerprint density at radius 1 is 1.14 bits per heavy atom. The number of hydrogen-bond donors (Lipinski definition) is 1. The lowest BCUT2D eigenvalue weighted by Crippen LogP contribution is -2.36. The molecule has 0 radical (unpaired) electrons. The van der Waals surface area contributed by atoms with Gasteiger partial charge in [-0.3, -0.25) is 0 Å². The number of halogens is 1. The summed E-state index contributed by atoms with van der Waals surface area (Å²) in [6, 6.07) is 11.7. The lowest BCUT2D eigenvalue weighted by atomic mass is 10.1. The largest absolute Gasteiger partial charge is 0.329 e. The van der Waals surface area contributed by atoms with Crippen LogP contribution in [0.15, 0.2) is 46.0 Å². The van der Waals surface area contributed by atoms with E-state index in [1.165, 1.54) is 15.6 Å². The van der Waals surface area contributed by atoms with Crippen LogP contribution in [0.2, 0.25) is 0 Å². The first-order valence-electron chi connectivity index (χ1n) is 6.84. The molecule has 22 heavy (non-hydrogen) atoms. The van der Waals surface area contributed by atoms with Gasteiger partial charge < -0.3 is 5.73 Å². The van der Waals surface area contributed by atoms with Crippen LogP contribution in [-0.2, 0) is 16.4 Å². The molecule has 0 amide bonds. The van der Waals surface area contributed by atoms with Crippen LogP contribution < -0.4 is 5.73 Å². The fourth-order valence-corrected chi connectivity index (χ4v) is 5.14. The smallest absolute Gasteiger partial charge is 0.252 e. The monoisotopic (exact) mass is 360 g/mol. The first-order chi connectivity index (χ1) is 10.1. The third kappa shape index (κ3) is 4.54. The molecule has 2 rings (SSSR count). The van der Waals surface area contributed by atoms with E-state index in [9.17, 15) is 8.42 Å². The highest BCUT2D eigenvalue weighted by Crippen LogP contribution is 2.25. The van der Waals surface area contributed by atoms with Crippen molar-refractivity contribution in [1.29, 1.82) is 0 Å². The standard InChI is InChI=1S/C15H20N2O2S2.ClH/c1-13-8-12-20-15(13)21(18,19)17(11-9-16)10-7-14-5-3-2-4-6-14;/h2-6,8,12H,7,9-11,16H2,1H3;1H. The lowest BCUT2D eigenvalue weighted by molar-refractivity contribution is 0.423. The number of benzene rings is 1. The summed E-state index contributed by atoms with van der Waals surface area (Å²) in [6.07, 6.45) is 0.685. The van der Waals surface area contributed by atoms with Gasteiger partial charge in [0, 0.05) is 19.6 Å². The molecule has 0 aliphatic heterocycles. The SMILES string of the molecule is Cc1ccsc1S(=O)(=O)N(CCN)CCc1ccccc1.Cl. The van der Waals surface area contributed by atoms with Gasteiger partial charge in [-0.05, 0) is 35.9 Å². The fraction of sp³-hybridized carbons (Fsp3) is 0.333. The highest BCUT2D eigenvalue weighted by molar-refractivity contribution is 7.91. The Kier molecular flexibility index (Phi) is 7.52. The van der Waals surface area contributed by atoms with E-state index >= 15 is 0 Å². The summed E-state index contributed by atoms with van der Waals surface area (Å²) in [5, 5.41) is 1.81. The number of hydrogen-bond acceptors (Lipinski definition) is 4. The van der Waals surface area contributed by atoms with Crippen molar-refractivity contribution in [2.75, 3.05) is 19.6 Å². The van der Waals surface area contributed by atoms with Gasteiger partial charge in [-0.15, -0.1) is 23.7 Å². The molecule has 0 aliphatic carbocycles. The maximum absolute atomic E-state index is 12.7. The minimum absolute atomic E-state index is 0. The Balaban J connectivity index is 0.00000242. The molecule has 0 aliphatic rings. The van der Waals surface area contributed by atoms with Crippen LogP contribution >= 0.6 is 23.7 Å². The van der Waals surface area contributed by atoms with Crippen molar-refractivity contribution in [2.45, 2.75) is 17.6 Å². The summed E-state index contributed by atoms with van der Waals surface area (Å²) in [4.78, 5) is 0. The molecule has 1 aromatic heterocycles. The third-order valence-electron chi connectivity index (χ3n) is 3.26. The summed E-state index contributed by atoms with van der Waals surface area (Å²) in [7, 11) is -3.45. The van der Waals surface area contributed by atoms with E-state index in [-0.39, 0.29) is 12.4 Å². The molecule has 0 atom stereocenters. The van der Waals surface area contributed by atoms with Gasteiger partial charge in [0.15, 0.2) is 0 Å². The maximum atomic E-state index is 12.7. The molecule has 0 bridgehead atoms.